The van der Waals surface area contributed by atoms with Crippen molar-refractivity contribution < 1.29 is 14.6 Å². The van der Waals surface area contributed by atoms with Crippen molar-refractivity contribution in [3.8, 4) is 0 Å². The molecule has 2 aromatic heterocycles. The Morgan fingerprint density at radius 3 is 2.35 bits per heavy atom. The van der Waals surface area contributed by atoms with E-state index in [9.17, 15) is 5.11 Å². The lowest BCUT2D eigenvalue weighted by Gasteiger charge is -2.40. The molecule has 3 aliphatic rings. The molecular formula is C28H40N2O3S. The van der Waals surface area contributed by atoms with Gasteiger partial charge in [-0.1, -0.05) is 48.5 Å². The molecule has 0 radical (unpaired) electrons. The number of rotatable bonds is 2. The average molecular weight is 485 g/mol. The molecule has 4 heterocycles. The fourth-order valence-electron chi connectivity index (χ4n) is 6.34. The Labute approximate surface area is 208 Å². The monoisotopic (exact) mass is 484 g/mol. The lowest BCUT2D eigenvalue weighted by molar-refractivity contribution is -0.122. The summed E-state index contributed by atoms with van der Waals surface area (Å²) < 4.78 is 12.9. The van der Waals surface area contributed by atoms with Crippen LogP contribution < -0.4 is 0 Å². The van der Waals surface area contributed by atoms with Crippen molar-refractivity contribution in [3.63, 3.8) is 0 Å². The van der Waals surface area contributed by atoms with Gasteiger partial charge >= 0.3 is 0 Å². The van der Waals surface area contributed by atoms with E-state index in [1.165, 1.54) is 16.0 Å². The Bertz CT molecular complexity index is 1110. The van der Waals surface area contributed by atoms with E-state index in [4.69, 9.17) is 19.4 Å². The van der Waals surface area contributed by atoms with Crippen LogP contribution in [0.1, 0.15) is 130 Å². The zero-order chi connectivity index (χ0) is 24.6. The van der Waals surface area contributed by atoms with Crippen molar-refractivity contribution in [2.45, 2.75) is 110 Å². The number of hydrogen-bond acceptors (Lipinski definition) is 6. The van der Waals surface area contributed by atoms with Gasteiger partial charge in [0.2, 0.25) is 0 Å². The van der Waals surface area contributed by atoms with E-state index in [0.29, 0.717) is 13.2 Å². The van der Waals surface area contributed by atoms with E-state index in [2.05, 4.69) is 55.4 Å². The molecule has 2 aromatic rings. The molecule has 34 heavy (non-hydrogen) atoms. The maximum Gasteiger partial charge on any atom is 0.137 e. The van der Waals surface area contributed by atoms with Gasteiger partial charge in [-0.15, -0.1) is 11.3 Å². The van der Waals surface area contributed by atoms with Gasteiger partial charge in [-0.2, -0.15) is 0 Å². The van der Waals surface area contributed by atoms with Gasteiger partial charge < -0.3 is 14.6 Å². The number of aromatic nitrogens is 2. The van der Waals surface area contributed by atoms with Gasteiger partial charge in [0, 0.05) is 53.4 Å². The summed E-state index contributed by atoms with van der Waals surface area (Å²) in [7, 11) is 0. The molecule has 1 N–H and O–H groups in total. The highest BCUT2D eigenvalue weighted by Crippen LogP contribution is 2.58. The minimum absolute atomic E-state index is 0.0254. The number of aryl methyl sites for hydroxylation is 1. The van der Waals surface area contributed by atoms with Gasteiger partial charge in [-0.3, -0.25) is 4.98 Å². The number of thiazole rings is 1. The third-order valence-electron chi connectivity index (χ3n) is 7.73. The Morgan fingerprint density at radius 2 is 1.76 bits per heavy atom. The van der Waals surface area contributed by atoms with Gasteiger partial charge in [-0.25, -0.2) is 4.98 Å². The lowest BCUT2D eigenvalue weighted by Crippen LogP contribution is -2.37. The van der Waals surface area contributed by atoms with Crippen molar-refractivity contribution >= 4 is 11.3 Å². The molecule has 0 saturated carbocycles. The maximum absolute atomic E-state index is 11.5. The second-order valence-corrected chi connectivity index (χ2v) is 13.7. The van der Waals surface area contributed by atoms with Gasteiger partial charge in [0.25, 0.3) is 0 Å². The third kappa shape index (κ3) is 3.85. The first-order valence-corrected chi connectivity index (χ1v) is 13.6. The number of pyridine rings is 1. The van der Waals surface area contributed by atoms with Crippen molar-refractivity contribution in [2.24, 2.45) is 5.41 Å². The van der Waals surface area contributed by atoms with E-state index in [-0.39, 0.29) is 22.9 Å². The van der Waals surface area contributed by atoms with E-state index in [0.717, 1.165) is 53.3 Å². The van der Waals surface area contributed by atoms with Gasteiger partial charge in [0.05, 0.1) is 17.4 Å². The van der Waals surface area contributed by atoms with Crippen LogP contribution in [0.25, 0.3) is 0 Å². The largest absolute Gasteiger partial charge is 0.388 e. The summed E-state index contributed by atoms with van der Waals surface area (Å²) in [6.07, 6.45) is 2.47. The summed E-state index contributed by atoms with van der Waals surface area (Å²) in [6, 6.07) is 0. The molecule has 2 atom stereocenters. The van der Waals surface area contributed by atoms with Crippen molar-refractivity contribution in [1.82, 2.24) is 9.97 Å². The molecule has 2 aliphatic heterocycles. The van der Waals surface area contributed by atoms with Crippen LogP contribution in [0.4, 0.5) is 0 Å². The van der Waals surface area contributed by atoms with Crippen LogP contribution in [-0.4, -0.2) is 28.3 Å². The standard InChI is InChI=1S/C28H40N2O3S/c1-15(2)22-20-21(19-17(30-22)13-27(7,8)14-18(19)31)28(9-11-32-12-10-28)33-23(20)25-29-16(3)24(34-25)26(4,5)6/h15,18,23,31H,9-14H2,1-8H3/t18?,23-/m0/s1. The lowest BCUT2D eigenvalue weighted by atomic mass is 9.70. The fourth-order valence-corrected chi connectivity index (χ4v) is 7.50. The van der Waals surface area contributed by atoms with E-state index < -0.39 is 11.7 Å². The number of aliphatic hydroxyl groups is 1. The Morgan fingerprint density at radius 1 is 1.09 bits per heavy atom. The highest BCUT2D eigenvalue weighted by molar-refractivity contribution is 7.12. The Hall–Kier alpha value is -1.34. The number of nitrogens with zero attached hydrogens (tertiary/aromatic N) is 2. The van der Waals surface area contributed by atoms with Crippen LogP contribution in [0.5, 0.6) is 0 Å². The topological polar surface area (TPSA) is 64.5 Å². The predicted octanol–water partition coefficient (Wildman–Crippen LogP) is 6.40. The summed E-state index contributed by atoms with van der Waals surface area (Å²) in [4.78, 5) is 11.6. The molecule has 5 nitrogen and oxygen atoms in total. The molecule has 1 fully saturated rings. The molecule has 0 amide bonds. The molecule has 1 spiro atoms. The molecule has 6 heteroatoms. The summed E-state index contributed by atoms with van der Waals surface area (Å²) in [5, 5.41) is 12.5. The van der Waals surface area contributed by atoms with E-state index in [1.807, 2.05) is 0 Å². The van der Waals surface area contributed by atoms with Gasteiger partial charge in [-0.05, 0) is 42.1 Å². The maximum atomic E-state index is 11.5. The summed E-state index contributed by atoms with van der Waals surface area (Å²) in [5.74, 6) is 0.255. The number of ether oxygens (including phenoxy) is 2. The van der Waals surface area contributed by atoms with Crippen LogP contribution in [0.2, 0.25) is 0 Å². The predicted molar refractivity (Wildman–Crippen MR) is 136 cm³/mol. The molecule has 0 bridgehead atoms. The first-order chi connectivity index (χ1) is 15.8. The fraction of sp³-hybridized carbons (Fsp3) is 0.714. The molecular weight excluding hydrogens is 444 g/mol. The van der Waals surface area contributed by atoms with Gasteiger partial charge in [0.15, 0.2) is 0 Å². The zero-order valence-corrected chi connectivity index (χ0v) is 22.9. The van der Waals surface area contributed by atoms with Crippen LogP contribution in [0.3, 0.4) is 0 Å². The van der Waals surface area contributed by atoms with E-state index in [1.54, 1.807) is 11.3 Å². The molecule has 1 aliphatic carbocycles. The van der Waals surface area contributed by atoms with Crippen molar-refractivity contribution in [1.29, 1.82) is 0 Å². The highest BCUT2D eigenvalue weighted by atomic mass is 32.1. The minimum Gasteiger partial charge on any atom is -0.388 e. The quantitative estimate of drug-likeness (QED) is 0.534. The third-order valence-corrected chi connectivity index (χ3v) is 9.36. The second-order valence-electron chi connectivity index (χ2n) is 12.7. The highest BCUT2D eigenvalue weighted by Gasteiger charge is 2.53. The number of aliphatic hydroxyl groups excluding tert-OH is 1. The first-order valence-electron chi connectivity index (χ1n) is 12.8. The second kappa shape index (κ2) is 8.09. The number of hydrogen-bond donors (Lipinski definition) is 1. The normalized spacial score (nSPS) is 25.6. The van der Waals surface area contributed by atoms with Crippen LogP contribution in [0.15, 0.2) is 0 Å². The minimum atomic E-state index is -0.522. The molecule has 5 rings (SSSR count). The number of fused-ring (bicyclic) bond motifs is 4. The summed E-state index contributed by atoms with van der Waals surface area (Å²) >= 11 is 1.78. The summed E-state index contributed by atoms with van der Waals surface area (Å²) in [5.41, 5.74) is 6.29. The van der Waals surface area contributed by atoms with Crippen molar-refractivity contribution in [2.75, 3.05) is 13.2 Å². The summed E-state index contributed by atoms with van der Waals surface area (Å²) in [6.45, 7) is 19.1. The Kier molecular flexibility index (Phi) is 5.79. The molecule has 186 valence electrons. The smallest absolute Gasteiger partial charge is 0.137 e. The SMILES string of the molecule is Cc1nc([C@H]2OC3(CCOCC3)c3c4c(nc(C(C)C)c32)CC(C)(C)CC4O)sc1C(C)(C)C. The molecule has 1 saturated heterocycles. The van der Waals surface area contributed by atoms with Crippen molar-refractivity contribution in [3.05, 3.63) is 43.7 Å². The van der Waals surface area contributed by atoms with Gasteiger partial charge in [0.1, 0.15) is 11.1 Å². The van der Waals surface area contributed by atoms with Crippen LogP contribution in [-0.2, 0) is 26.9 Å². The van der Waals surface area contributed by atoms with E-state index >= 15 is 0 Å². The Balaban J connectivity index is 1.78. The first kappa shape index (κ1) is 24.4. The molecule has 1 unspecified atom stereocenters. The zero-order valence-electron chi connectivity index (χ0n) is 22.0. The average Bonchev–Trinajstić information content (AvgIpc) is 3.26. The molecule has 0 aromatic carbocycles. The van der Waals surface area contributed by atoms with Crippen LogP contribution >= 0.6 is 11.3 Å². The van der Waals surface area contributed by atoms with Crippen LogP contribution in [0, 0.1) is 12.3 Å².